The molecule has 4 heteroatoms. The summed E-state index contributed by atoms with van der Waals surface area (Å²) in [6.07, 6.45) is 1.87. The third-order valence-electron chi connectivity index (χ3n) is 1.79. The topological polar surface area (TPSA) is 66.4 Å². The SMILES string of the molecule is O=C(O)CNC1CCC(=O)C1. The van der Waals surface area contributed by atoms with Gasteiger partial charge in [0, 0.05) is 18.9 Å². The second kappa shape index (κ2) is 3.48. The van der Waals surface area contributed by atoms with Crippen molar-refractivity contribution in [1.82, 2.24) is 5.32 Å². The Hall–Kier alpha value is -0.900. The number of Topliss-reactive ketones (excluding diaryl/α,β-unsaturated/α-hetero) is 1. The number of hydrogen-bond donors (Lipinski definition) is 2. The highest BCUT2D eigenvalue weighted by Crippen LogP contribution is 2.13. The predicted molar refractivity (Wildman–Crippen MR) is 38.3 cm³/mol. The summed E-state index contributed by atoms with van der Waals surface area (Å²) in [6.45, 7) is -0.0437. The quantitative estimate of drug-likeness (QED) is 0.594. The molecule has 62 valence electrons. The van der Waals surface area contributed by atoms with Crippen molar-refractivity contribution >= 4 is 11.8 Å². The lowest BCUT2D eigenvalue weighted by molar-refractivity contribution is -0.136. The van der Waals surface area contributed by atoms with Gasteiger partial charge in [0.05, 0.1) is 6.54 Å². The molecule has 0 saturated heterocycles. The van der Waals surface area contributed by atoms with Crippen molar-refractivity contribution < 1.29 is 14.7 Å². The van der Waals surface area contributed by atoms with Gasteiger partial charge in [-0.25, -0.2) is 0 Å². The maximum atomic E-state index is 10.7. The lowest BCUT2D eigenvalue weighted by Gasteiger charge is -2.06. The van der Waals surface area contributed by atoms with Crippen molar-refractivity contribution in [3.05, 3.63) is 0 Å². The molecule has 1 aliphatic rings. The van der Waals surface area contributed by atoms with Crippen LogP contribution in [0.25, 0.3) is 0 Å². The van der Waals surface area contributed by atoms with Gasteiger partial charge in [0.15, 0.2) is 0 Å². The Kier molecular flexibility index (Phi) is 2.59. The summed E-state index contributed by atoms with van der Waals surface area (Å²) in [5.74, 6) is -0.641. The van der Waals surface area contributed by atoms with Crippen LogP contribution < -0.4 is 5.32 Å². The van der Waals surface area contributed by atoms with Gasteiger partial charge >= 0.3 is 5.97 Å². The molecule has 0 heterocycles. The Bertz CT molecular complexity index is 179. The van der Waals surface area contributed by atoms with Crippen LogP contribution in [0, 0.1) is 0 Å². The molecule has 0 amide bonds. The van der Waals surface area contributed by atoms with Gasteiger partial charge in [-0.05, 0) is 6.42 Å². The second-order valence-corrected chi connectivity index (χ2v) is 2.75. The Morgan fingerprint density at radius 3 is 2.91 bits per heavy atom. The van der Waals surface area contributed by atoms with Gasteiger partial charge in [-0.15, -0.1) is 0 Å². The third kappa shape index (κ3) is 2.67. The molecule has 0 radical (unpaired) electrons. The smallest absolute Gasteiger partial charge is 0.317 e. The fourth-order valence-corrected chi connectivity index (χ4v) is 1.22. The number of carboxylic acids is 1. The molecule has 2 N–H and O–H groups in total. The maximum Gasteiger partial charge on any atom is 0.317 e. The van der Waals surface area contributed by atoms with E-state index in [0.29, 0.717) is 12.8 Å². The number of ketones is 1. The minimum atomic E-state index is -0.871. The number of aliphatic carboxylic acids is 1. The van der Waals surface area contributed by atoms with Crippen LogP contribution in [0.3, 0.4) is 0 Å². The number of carbonyl (C=O) groups is 2. The van der Waals surface area contributed by atoms with E-state index in [1.165, 1.54) is 0 Å². The van der Waals surface area contributed by atoms with Crippen molar-refractivity contribution in [2.45, 2.75) is 25.3 Å². The molecule has 1 atom stereocenters. The largest absolute Gasteiger partial charge is 0.480 e. The molecular weight excluding hydrogens is 146 g/mol. The van der Waals surface area contributed by atoms with Gasteiger partial charge in [-0.2, -0.15) is 0 Å². The summed E-state index contributed by atoms with van der Waals surface area (Å²) in [5.41, 5.74) is 0. The number of nitrogens with one attached hydrogen (secondary N) is 1. The van der Waals surface area contributed by atoms with Crippen molar-refractivity contribution in [1.29, 1.82) is 0 Å². The van der Waals surface area contributed by atoms with Crippen LogP contribution in [0.15, 0.2) is 0 Å². The molecule has 1 aliphatic carbocycles. The third-order valence-corrected chi connectivity index (χ3v) is 1.79. The Morgan fingerprint density at radius 1 is 1.73 bits per heavy atom. The molecule has 11 heavy (non-hydrogen) atoms. The van der Waals surface area contributed by atoms with Crippen LogP contribution in [0.1, 0.15) is 19.3 Å². The standard InChI is InChI=1S/C7H11NO3/c9-6-2-1-5(3-6)8-4-7(10)11/h5,8H,1-4H2,(H,10,11). The summed E-state index contributed by atoms with van der Waals surface area (Å²) < 4.78 is 0. The number of carboxylic acid groups (broad SMARTS) is 1. The van der Waals surface area contributed by atoms with Gasteiger partial charge < -0.3 is 10.4 Å². The van der Waals surface area contributed by atoms with E-state index >= 15 is 0 Å². The summed E-state index contributed by atoms with van der Waals surface area (Å²) in [7, 11) is 0. The first-order valence-electron chi connectivity index (χ1n) is 3.65. The van der Waals surface area contributed by atoms with Crippen LogP contribution in [0.5, 0.6) is 0 Å². The number of hydrogen-bond acceptors (Lipinski definition) is 3. The fraction of sp³-hybridized carbons (Fsp3) is 0.714. The first-order valence-corrected chi connectivity index (χ1v) is 3.65. The average Bonchev–Trinajstić information content (AvgIpc) is 2.31. The first-order chi connectivity index (χ1) is 5.18. The minimum absolute atomic E-state index is 0.0437. The summed E-state index contributed by atoms with van der Waals surface area (Å²) in [5, 5.41) is 11.1. The Balaban J connectivity index is 2.18. The first kappa shape index (κ1) is 8.20. The lowest BCUT2D eigenvalue weighted by atomic mass is 10.2. The van der Waals surface area contributed by atoms with E-state index in [-0.39, 0.29) is 18.4 Å². The van der Waals surface area contributed by atoms with Crippen molar-refractivity contribution in [3.8, 4) is 0 Å². The highest BCUT2D eigenvalue weighted by molar-refractivity contribution is 5.81. The zero-order valence-corrected chi connectivity index (χ0v) is 6.17. The van der Waals surface area contributed by atoms with E-state index in [1.807, 2.05) is 0 Å². The van der Waals surface area contributed by atoms with Crippen molar-refractivity contribution in [3.63, 3.8) is 0 Å². The molecule has 0 aromatic carbocycles. The van der Waals surface area contributed by atoms with Gasteiger partial charge in [-0.1, -0.05) is 0 Å². The molecular formula is C7H11NO3. The van der Waals surface area contributed by atoms with E-state index in [2.05, 4.69) is 5.32 Å². The number of rotatable bonds is 3. The van der Waals surface area contributed by atoms with Crippen LogP contribution in [-0.4, -0.2) is 29.4 Å². The number of carbonyl (C=O) groups excluding carboxylic acids is 1. The van der Waals surface area contributed by atoms with Gasteiger partial charge in [-0.3, -0.25) is 9.59 Å². The molecule has 0 aromatic heterocycles. The molecule has 4 nitrogen and oxygen atoms in total. The van der Waals surface area contributed by atoms with Crippen LogP contribution in [0.4, 0.5) is 0 Å². The van der Waals surface area contributed by atoms with E-state index in [0.717, 1.165) is 6.42 Å². The highest BCUT2D eigenvalue weighted by Gasteiger charge is 2.21. The molecule has 0 spiro atoms. The normalized spacial score (nSPS) is 24.0. The Labute approximate surface area is 64.6 Å². The highest BCUT2D eigenvalue weighted by atomic mass is 16.4. The van der Waals surface area contributed by atoms with Gasteiger partial charge in [0.25, 0.3) is 0 Å². The van der Waals surface area contributed by atoms with E-state index in [4.69, 9.17) is 5.11 Å². The van der Waals surface area contributed by atoms with E-state index in [9.17, 15) is 9.59 Å². The zero-order valence-electron chi connectivity index (χ0n) is 6.17. The van der Waals surface area contributed by atoms with Gasteiger partial charge in [0.2, 0.25) is 0 Å². The van der Waals surface area contributed by atoms with Crippen molar-refractivity contribution in [2.75, 3.05) is 6.54 Å². The van der Waals surface area contributed by atoms with Crippen LogP contribution >= 0.6 is 0 Å². The Morgan fingerprint density at radius 2 is 2.45 bits per heavy atom. The van der Waals surface area contributed by atoms with Crippen LogP contribution in [-0.2, 0) is 9.59 Å². The molecule has 1 saturated carbocycles. The van der Waals surface area contributed by atoms with E-state index in [1.54, 1.807) is 0 Å². The maximum absolute atomic E-state index is 10.7. The summed E-state index contributed by atoms with van der Waals surface area (Å²) >= 11 is 0. The van der Waals surface area contributed by atoms with Crippen molar-refractivity contribution in [2.24, 2.45) is 0 Å². The molecule has 0 aliphatic heterocycles. The lowest BCUT2D eigenvalue weighted by Crippen LogP contribution is -2.31. The van der Waals surface area contributed by atoms with Crippen LogP contribution in [0.2, 0.25) is 0 Å². The zero-order chi connectivity index (χ0) is 8.27. The minimum Gasteiger partial charge on any atom is -0.480 e. The fourth-order valence-electron chi connectivity index (χ4n) is 1.22. The summed E-state index contributed by atoms with van der Waals surface area (Å²) in [4.78, 5) is 20.8. The monoisotopic (exact) mass is 157 g/mol. The van der Waals surface area contributed by atoms with Gasteiger partial charge in [0.1, 0.15) is 5.78 Å². The molecule has 0 bridgehead atoms. The second-order valence-electron chi connectivity index (χ2n) is 2.75. The summed E-state index contributed by atoms with van der Waals surface area (Å²) in [6, 6.07) is 0.0959. The average molecular weight is 157 g/mol. The molecule has 1 unspecified atom stereocenters. The molecule has 1 rings (SSSR count). The van der Waals surface area contributed by atoms with E-state index < -0.39 is 5.97 Å². The molecule has 0 aromatic rings. The predicted octanol–water partition coefficient (Wildman–Crippen LogP) is -0.218. The molecule has 1 fully saturated rings.